The standard InChI is InChI=1S/C21H19FN4/c22-17-7-5-15(6-8-17)13-19(20-9-12-25-26-20)18-4-2-11-24-21(18)16-3-1-10-23-14-16/h1,3,5-10,12,14H,2,4,11,13H2,(H,25,26). The van der Waals surface area contributed by atoms with Gasteiger partial charge in [-0.2, -0.15) is 5.10 Å². The number of nitrogens with one attached hydrogen (secondary N) is 1. The van der Waals surface area contributed by atoms with Crippen molar-refractivity contribution in [3.05, 3.63) is 89.3 Å². The van der Waals surface area contributed by atoms with Gasteiger partial charge in [0.15, 0.2) is 0 Å². The highest BCUT2D eigenvalue weighted by Crippen LogP contribution is 2.30. The van der Waals surface area contributed by atoms with Gasteiger partial charge >= 0.3 is 0 Å². The van der Waals surface area contributed by atoms with Crippen LogP contribution in [0.15, 0.2) is 71.6 Å². The van der Waals surface area contributed by atoms with Crippen molar-refractivity contribution >= 4 is 11.3 Å². The number of H-pyrrole nitrogens is 1. The zero-order chi connectivity index (χ0) is 17.8. The van der Waals surface area contributed by atoms with E-state index in [-0.39, 0.29) is 5.82 Å². The number of aromatic amines is 1. The molecule has 0 fully saturated rings. The maximum absolute atomic E-state index is 13.3. The minimum atomic E-state index is -0.224. The molecule has 0 atom stereocenters. The molecule has 0 spiro atoms. The molecule has 1 aliphatic rings. The summed E-state index contributed by atoms with van der Waals surface area (Å²) < 4.78 is 13.3. The molecular formula is C21H19FN4. The molecule has 4 nitrogen and oxygen atoms in total. The van der Waals surface area contributed by atoms with Gasteiger partial charge in [-0.15, -0.1) is 0 Å². The highest BCUT2D eigenvalue weighted by Gasteiger charge is 2.21. The molecule has 0 radical (unpaired) electrons. The predicted molar refractivity (Wildman–Crippen MR) is 100 cm³/mol. The normalized spacial score (nSPS) is 16.3. The summed E-state index contributed by atoms with van der Waals surface area (Å²) in [5, 5.41) is 7.31. The summed E-state index contributed by atoms with van der Waals surface area (Å²) >= 11 is 0. The number of aliphatic imine (C=N–C) groups is 1. The maximum Gasteiger partial charge on any atom is 0.123 e. The van der Waals surface area contributed by atoms with Crippen LogP contribution in [0.1, 0.15) is 29.7 Å². The Kier molecular flexibility index (Phi) is 4.69. The number of rotatable bonds is 4. The molecule has 130 valence electrons. The van der Waals surface area contributed by atoms with Crippen LogP contribution in [0, 0.1) is 5.82 Å². The molecule has 4 rings (SSSR count). The fourth-order valence-corrected chi connectivity index (χ4v) is 3.31. The summed E-state index contributed by atoms with van der Waals surface area (Å²) in [6.45, 7) is 0.818. The van der Waals surface area contributed by atoms with E-state index in [4.69, 9.17) is 4.99 Å². The molecule has 0 amide bonds. The third-order valence-corrected chi connectivity index (χ3v) is 4.54. The highest BCUT2D eigenvalue weighted by molar-refractivity contribution is 6.16. The van der Waals surface area contributed by atoms with Crippen molar-refractivity contribution in [2.24, 2.45) is 4.99 Å². The quantitative estimate of drug-likeness (QED) is 0.769. The number of halogens is 1. The monoisotopic (exact) mass is 346 g/mol. The lowest BCUT2D eigenvalue weighted by Gasteiger charge is -2.20. The van der Waals surface area contributed by atoms with Crippen molar-refractivity contribution < 1.29 is 4.39 Å². The third kappa shape index (κ3) is 3.47. The van der Waals surface area contributed by atoms with E-state index in [1.54, 1.807) is 6.20 Å². The SMILES string of the molecule is Fc1ccc(CC(=C2CCCN=C2c2cccnc2)c2cc[nH]n2)cc1. The van der Waals surface area contributed by atoms with E-state index in [9.17, 15) is 4.39 Å². The number of allylic oxidation sites excluding steroid dienone is 2. The molecule has 0 aliphatic carbocycles. The van der Waals surface area contributed by atoms with E-state index in [0.29, 0.717) is 6.42 Å². The molecule has 3 heterocycles. The number of nitrogens with zero attached hydrogens (tertiary/aromatic N) is 3. The lowest BCUT2D eigenvalue weighted by molar-refractivity contribution is 0.627. The summed E-state index contributed by atoms with van der Waals surface area (Å²) in [4.78, 5) is 9.03. The molecule has 1 aromatic carbocycles. The summed E-state index contributed by atoms with van der Waals surface area (Å²) in [5.41, 5.74) is 6.29. The molecule has 1 N–H and O–H groups in total. The van der Waals surface area contributed by atoms with Gasteiger partial charge in [0.05, 0.1) is 11.4 Å². The minimum absolute atomic E-state index is 0.224. The van der Waals surface area contributed by atoms with E-state index in [1.165, 1.54) is 17.7 Å². The second-order valence-electron chi connectivity index (χ2n) is 6.30. The fourth-order valence-electron chi connectivity index (χ4n) is 3.31. The number of aromatic nitrogens is 3. The van der Waals surface area contributed by atoms with Gasteiger partial charge in [-0.3, -0.25) is 15.1 Å². The molecular weight excluding hydrogens is 327 g/mol. The van der Waals surface area contributed by atoms with Crippen molar-refractivity contribution in [1.82, 2.24) is 15.2 Å². The fraction of sp³-hybridized carbons (Fsp3) is 0.190. The lowest BCUT2D eigenvalue weighted by Crippen LogP contribution is -2.15. The van der Waals surface area contributed by atoms with Gasteiger partial charge in [0.1, 0.15) is 5.82 Å². The van der Waals surface area contributed by atoms with Gasteiger partial charge in [-0.25, -0.2) is 4.39 Å². The molecule has 2 aromatic heterocycles. The van der Waals surface area contributed by atoms with Crippen molar-refractivity contribution in [2.75, 3.05) is 6.54 Å². The summed E-state index contributed by atoms with van der Waals surface area (Å²) in [6, 6.07) is 12.6. The molecule has 3 aromatic rings. The van der Waals surface area contributed by atoms with Crippen molar-refractivity contribution in [3.63, 3.8) is 0 Å². The molecule has 26 heavy (non-hydrogen) atoms. The largest absolute Gasteiger partial charge is 0.285 e. The van der Waals surface area contributed by atoms with Crippen molar-refractivity contribution in [3.8, 4) is 0 Å². The predicted octanol–water partition coefficient (Wildman–Crippen LogP) is 4.22. The van der Waals surface area contributed by atoms with Crippen LogP contribution in [-0.2, 0) is 6.42 Å². The van der Waals surface area contributed by atoms with Crippen LogP contribution in [0.25, 0.3) is 5.57 Å². The van der Waals surface area contributed by atoms with Crippen LogP contribution in [-0.4, -0.2) is 27.4 Å². The molecule has 5 heteroatoms. The number of hydrogen-bond donors (Lipinski definition) is 1. The Morgan fingerprint density at radius 2 is 2.00 bits per heavy atom. The Labute approximate surface area is 151 Å². The Bertz CT molecular complexity index is 926. The topological polar surface area (TPSA) is 53.9 Å². The second-order valence-corrected chi connectivity index (χ2v) is 6.30. The van der Waals surface area contributed by atoms with Crippen LogP contribution < -0.4 is 0 Å². The average Bonchev–Trinajstić information content (AvgIpc) is 3.23. The van der Waals surface area contributed by atoms with Gasteiger partial charge in [-0.1, -0.05) is 12.1 Å². The molecule has 0 unspecified atom stereocenters. The van der Waals surface area contributed by atoms with Crippen LogP contribution in [0.3, 0.4) is 0 Å². The zero-order valence-corrected chi connectivity index (χ0v) is 14.3. The Morgan fingerprint density at radius 1 is 1.12 bits per heavy atom. The Morgan fingerprint density at radius 3 is 2.73 bits per heavy atom. The van der Waals surface area contributed by atoms with E-state index in [1.807, 2.05) is 42.7 Å². The smallest absolute Gasteiger partial charge is 0.123 e. The zero-order valence-electron chi connectivity index (χ0n) is 14.3. The van der Waals surface area contributed by atoms with Crippen molar-refractivity contribution in [1.29, 1.82) is 0 Å². The Balaban J connectivity index is 1.81. The molecule has 1 aliphatic heterocycles. The van der Waals surface area contributed by atoms with Gasteiger partial charge < -0.3 is 0 Å². The first-order chi connectivity index (χ1) is 12.8. The highest BCUT2D eigenvalue weighted by atomic mass is 19.1. The molecule has 0 bridgehead atoms. The molecule has 0 saturated heterocycles. The van der Waals surface area contributed by atoms with Gasteiger partial charge in [0.2, 0.25) is 0 Å². The molecule has 0 saturated carbocycles. The lowest BCUT2D eigenvalue weighted by atomic mass is 9.88. The minimum Gasteiger partial charge on any atom is -0.285 e. The summed E-state index contributed by atoms with van der Waals surface area (Å²) in [6.07, 6.45) is 8.07. The summed E-state index contributed by atoms with van der Waals surface area (Å²) in [7, 11) is 0. The van der Waals surface area contributed by atoms with E-state index in [0.717, 1.165) is 47.5 Å². The van der Waals surface area contributed by atoms with Crippen LogP contribution in [0.2, 0.25) is 0 Å². The maximum atomic E-state index is 13.3. The van der Waals surface area contributed by atoms with Crippen LogP contribution >= 0.6 is 0 Å². The van der Waals surface area contributed by atoms with E-state index in [2.05, 4.69) is 15.2 Å². The van der Waals surface area contributed by atoms with Gasteiger partial charge in [0, 0.05) is 30.7 Å². The summed E-state index contributed by atoms with van der Waals surface area (Å²) in [5.74, 6) is -0.224. The second kappa shape index (κ2) is 7.44. The van der Waals surface area contributed by atoms with Crippen molar-refractivity contribution in [2.45, 2.75) is 19.3 Å². The van der Waals surface area contributed by atoms with E-state index < -0.39 is 0 Å². The van der Waals surface area contributed by atoms with Gasteiger partial charge in [-0.05, 0) is 66.3 Å². The first-order valence-electron chi connectivity index (χ1n) is 8.73. The number of hydrogen-bond acceptors (Lipinski definition) is 3. The van der Waals surface area contributed by atoms with Crippen LogP contribution in [0.5, 0.6) is 0 Å². The Hall–Kier alpha value is -3.08. The first kappa shape index (κ1) is 16.4. The van der Waals surface area contributed by atoms with Crippen LogP contribution in [0.4, 0.5) is 4.39 Å². The first-order valence-corrected chi connectivity index (χ1v) is 8.73. The number of pyridine rings is 1. The van der Waals surface area contributed by atoms with E-state index >= 15 is 0 Å². The number of benzene rings is 1. The third-order valence-electron chi connectivity index (χ3n) is 4.54. The van der Waals surface area contributed by atoms with Gasteiger partial charge in [0.25, 0.3) is 0 Å². The average molecular weight is 346 g/mol.